The number of para-hydroxylation sites is 1. The summed E-state index contributed by atoms with van der Waals surface area (Å²) in [5.41, 5.74) is 1.08. The Morgan fingerprint density at radius 1 is 1.00 bits per heavy atom. The number of benzene rings is 3. The molecule has 8 heteroatoms. The molecule has 3 aromatic carbocycles. The molecule has 4 aromatic rings. The molecule has 0 fully saturated rings. The third-order valence-corrected chi connectivity index (χ3v) is 4.59. The van der Waals surface area contributed by atoms with Gasteiger partial charge in [0.15, 0.2) is 0 Å². The second-order valence-electron chi connectivity index (χ2n) is 6.70. The highest BCUT2D eigenvalue weighted by molar-refractivity contribution is 5.87. The molecular weight excluding hydrogens is 398 g/mol. The van der Waals surface area contributed by atoms with Crippen molar-refractivity contribution in [3.05, 3.63) is 110 Å². The van der Waals surface area contributed by atoms with Gasteiger partial charge in [-0.2, -0.15) is 5.10 Å². The number of carbonyl (C=O) groups is 1. The van der Waals surface area contributed by atoms with Crippen LogP contribution in [0.5, 0.6) is 5.75 Å². The summed E-state index contributed by atoms with van der Waals surface area (Å²) in [6, 6.07) is 20.1. The van der Waals surface area contributed by atoms with Gasteiger partial charge in [-0.05, 0) is 59.7 Å². The van der Waals surface area contributed by atoms with Crippen LogP contribution in [0.15, 0.2) is 87.5 Å². The van der Waals surface area contributed by atoms with Crippen LogP contribution < -0.4 is 16.0 Å². The molecule has 31 heavy (non-hydrogen) atoms. The highest BCUT2D eigenvalue weighted by Gasteiger charge is 2.06. The molecule has 0 aliphatic carbocycles. The first kappa shape index (κ1) is 19.8. The summed E-state index contributed by atoms with van der Waals surface area (Å²) >= 11 is 0. The Balaban J connectivity index is 1.46. The molecule has 0 spiro atoms. The van der Waals surface area contributed by atoms with Gasteiger partial charge in [-0.25, -0.2) is 9.59 Å². The van der Waals surface area contributed by atoms with Gasteiger partial charge >= 0.3 is 11.7 Å². The van der Waals surface area contributed by atoms with Crippen molar-refractivity contribution in [2.24, 2.45) is 5.10 Å². The van der Waals surface area contributed by atoms with E-state index >= 15 is 0 Å². The Hall–Kier alpha value is -4.46. The van der Waals surface area contributed by atoms with Crippen molar-refractivity contribution in [2.75, 3.05) is 0 Å². The van der Waals surface area contributed by atoms with Crippen LogP contribution in [0, 0.1) is 0 Å². The normalized spacial score (nSPS) is 11.1. The SMILES string of the molecule is O=C(O)c1ccc(COc2ccc(C=Nn3c(=O)[nH]c4ccccc4c3=O)cc2)cc1. The fourth-order valence-electron chi connectivity index (χ4n) is 2.94. The summed E-state index contributed by atoms with van der Waals surface area (Å²) in [6.45, 7) is 0.287. The van der Waals surface area contributed by atoms with E-state index in [1.807, 2.05) is 0 Å². The first-order chi connectivity index (χ1) is 15.0. The maximum atomic E-state index is 12.5. The first-order valence-corrected chi connectivity index (χ1v) is 9.35. The smallest absolute Gasteiger partial charge is 0.349 e. The zero-order chi connectivity index (χ0) is 21.8. The Kier molecular flexibility index (Phi) is 5.44. The largest absolute Gasteiger partial charge is 0.489 e. The van der Waals surface area contributed by atoms with Gasteiger partial charge in [-0.15, -0.1) is 4.68 Å². The van der Waals surface area contributed by atoms with Crippen molar-refractivity contribution >= 4 is 23.1 Å². The standard InChI is InChI=1S/C23H17N3O5/c27-21-19-3-1-2-4-20(19)25-23(30)26(21)24-13-15-7-11-18(12-8-15)31-14-16-5-9-17(10-6-16)22(28)29/h1-13H,14H2,(H,25,30)(H,28,29). The molecule has 1 heterocycles. The molecule has 0 bridgehead atoms. The Labute approximate surface area is 175 Å². The number of nitrogens with one attached hydrogen (secondary N) is 1. The van der Waals surface area contributed by atoms with E-state index in [1.165, 1.54) is 18.3 Å². The molecule has 0 atom stereocenters. The summed E-state index contributed by atoms with van der Waals surface area (Å²) in [7, 11) is 0. The number of fused-ring (bicyclic) bond motifs is 1. The minimum Gasteiger partial charge on any atom is -0.489 e. The van der Waals surface area contributed by atoms with E-state index < -0.39 is 17.2 Å². The van der Waals surface area contributed by atoms with E-state index in [0.29, 0.717) is 22.2 Å². The summed E-state index contributed by atoms with van der Waals surface area (Å²) in [5, 5.41) is 13.3. The van der Waals surface area contributed by atoms with Gasteiger partial charge in [-0.3, -0.25) is 4.79 Å². The van der Waals surface area contributed by atoms with Crippen LogP contribution in [-0.2, 0) is 6.61 Å². The van der Waals surface area contributed by atoms with Crippen LogP contribution >= 0.6 is 0 Å². The number of ether oxygens (including phenoxy) is 1. The molecule has 1 aromatic heterocycles. The topological polar surface area (TPSA) is 114 Å². The molecule has 154 valence electrons. The van der Waals surface area contributed by atoms with E-state index in [2.05, 4.69) is 10.1 Å². The van der Waals surface area contributed by atoms with Crippen LogP contribution in [0.3, 0.4) is 0 Å². The molecule has 0 radical (unpaired) electrons. The number of carboxylic acid groups (broad SMARTS) is 1. The quantitative estimate of drug-likeness (QED) is 0.470. The average Bonchev–Trinajstić information content (AvgIpc) is 2.78. The van der Waals surface area contributed by atoms with Gasteiger partial charge in [0.1, 0.15) is 12.4 Å². The van der Waals surface area contributed by atoms with Crippen molar-refractivity contribution in [3.63, 3.8) is 0 Å². The maximum Gasteiger partial charge on any atom is 0.349 e. The lowest BCUT2D eigenvalue weighted by atomic mass is 10.1. The summed E-state index contributed by atoms with van der Waals surface area (Å²) in [6.07, 6.45) is 1.42. The number of hydrogen-bond acceptors (Lipinski definition) is 5. The number of aromatic nitrogens is 2. The molecule has 0 unspecified atom stereocenters. The Bertz CT molecular complexity index is 1380. The van der Waals surface area contributed by atoms with Gasteiger partial charge in [-0.1, -0.05) is 24.3 Å². The molecule has 0 aliphatic rings. The number of aromatic amines is 1. The number of rotatable bonds is 6. The molecule has 0 saturated carbocycles. The van der Waals surface area contributed by atoms with Crippen molar-refractivity contribution in [2.45, 2.75) is 6.61 Å². The van der Waals surface area contributed by atoms with E-state index in [4.69, 9.17) is 9.84 Å². The van der Waals surface area contributed by atoms with Gasteiger partial charge in [0.2, 0.25) is 0 Å². The average molecular weight is 415 g/mol. The maximum absolute atomic E-state index is 12.5. The van der Waals surface area contributed by atoms with Gasteiger partial charge < -0.3 is 14.8 Å². The lowest BCUT2D eigenvalue weighted by molar-refractivity contribution is 0.0697. The summed E-state index contributed by atoms with van der Waals surface area (Å²) in [4.78, 5) is 38.1. The second kappa shape index (κ2) is 8.50. The summed E-state index contributed by atoms with van der Waals surface area (Å²) in [5.74, 6) is -0.363. The molecule has 4 rings (SSSR count). The van der Waals surface area contributed by atoms with E-state index in [9.17, 15) is 14.4 Å². The van der Waals surface area contributed by atoms with Crippen molar-refractivity contribution in [3.8, 4) is 5.75 Å². The molecule has 8 nitrogen and oxygen atoms in total. The fraction of sp³-hybridized carbons (Fsp3) is 0.0435. The minimum atomic E-state index is -0.974. The monoisotopic (exact) mass is 415 g/mol. The molecule has 2 N–H and O–H groups in total. The Morgan fingerprint density at radius 3 is 2.42 bits per heavy atom. The predicted octanol–water partition coefficient (Wildman–Crippen LogP) is 2.85. The third kappa shape index (κ3) is 4.43. The molecule has 0 amide bonds. The number of hydrogen-bond donors (Lipinski definition) is 2. The van der Waals surface area contributed by atoms with Crippen LogP contribution in [0.25, 0.3) is 10.9 Å². The highest BCUT2D eigenvalue weighted by atomic mass is 16.5. The van der Waals surface area contributed by atoms with Crippen LogP contribution in [0.4, 0.5) is 0 Å². The van der Waals surface area contributed by atoms with E-state index in [1.54, 1.807) is 60.7 Å². The summed E-state index contributed by atoms with van der Waals surface area (Å²) < 4.78 is 6.48. The van der Waals surface area contributed by atoms with Crippen LogP contribution in [-0.4, -0.2) is 27.0 Å². The molecular formula is C23H17N3O5. The number of carboxylic acids is 1. The lowest BCUT2D eigenvalue weighted by Crippen LogP contribution is -2.32. The molecule has 0 saturated heterocycles. The van der Waals surface area contributed by atoms with Gasteiger partial charge in [0, 0.05) is 0 Å². The van der Waals surface area contributed by atoms with Gasteiger partial charge in [0.25, 0.3) is 5.56 Å². The van der Waals surface area contributed by atoms with Crippen LogP contribution in [0.1, 0.15) is 21.5 Å². The zero-order valence-electron chi connectivity index (χ0n) is 16.2. The predicted molar refractivity (Wildman–Crippen MR) is 116 cm³/mol. The van der Waals surface area contributed by atoms with Crippen molar-refractivity contribution in [1.29, 1.82) is 0 Å². The minimum absolute atomic E-state index is 0.219. The van der Waals surface area contributed by atoms with Gasteiger partial charge in [0.05, 0.1) is 22.7 Å². The van der Waals surface area contributed by atoms with Crippen molar-refractivity contribution in [1.82, 2.24) is 9.66 Å². The third-order valence-electron chi connectivity index (χ3n) is 4.59. The number of H-pyrrole nitrogens is 1. The molecule has 0 aliphatic heterocycles. The Morgan fingerprint density at radius 2 is 1.71 bits per heavy atom. The number of nitrogens with zero attached hydrogens (tertiary/aromatic N) is 2. The number of aromatic carboxylic acids is 1. The first-order valence-electron chi connectivity index (χ1n) is 9.35. The van der Waals surface area contributed by atoms with Crippen LogP contribution in [0.2, 0.25) is 0 Å². The fourth-order valence-corrected chi connectivity index (χ4v) is 2.94. The van der Waals surface area contributed by atoms with E-state index in [0.717, 1.165) is 10.2 Å². The van der Waals surface area contributed by atoms with E-state index in [-0.39, 0.29) is 12.2 Å². The highest BCUT2D eigenvalue weighted by Crippen LogP contribution is 2.14. The lowest BCUT2D eigenvalue weighted by Gasteiger charge is -2.07. The second-order valence-corrected chi connectivity index (χ2v) is 6.70. The zero-order valence-corrected chi connectivity index (χ0v) is 16.2. The van der Waals surface area contributed by atoms with Crippen molar-refractivity contribution < 1.29 is 14.6 Å².